The van der Waals surface area contributed by atoms with Crippen LogP contribution in [0.25, 0.3) is 0 Å². The fourth-order valence-electron chi connectivity index (χ4n) is 1.58. The first-order valence-electron chi connectivity index (χ1n) is 7.43. The zero-order valence-corrected chi connectivity index (χ0v) is 13.5. The van der Waals surface area contributed by atoms with E-state index in [1.54, 1.807) is 12.1 Å². The van der Waals surface area contributed by atoms with E-state index < -0.39 is 5.91 Å². The number of nitrogens with one attached hydrogen (secondary N) is 2. The summed E-state index contributed by atoms with van der Waals surface area (Å²) in [6.45, 7) is 8.52. The lowest BCUT2D eigenvalue weighted by Gasteiger charge is -2.06. The maximum absolute atomic E-state index is 11.6. The van der Waals surface area contributed by atoms with Gasteiger partial charge in [-0.2, -0.15) is 5.10 Å². The molecule has 6 heteroatoms. The average molecular weight is 317 g/mol. The molecular weight excluding hydrogens is 294 g/mol. The van der Waals surface area contributed by atoms with Gasteiger partial charge < -0.3 is 10.1 Å². The Hall–Kier alpha value is -2.63. The molecule has 0 saturated heterocycles. The highest BCUT2D eigenvalue weighted by molar-refractivity contribution is 5.97. The Morgan fingerprint density at radius 2 is 2.13 bits per heavy atom. The predicted molar refractivity (Wildman–Crippen MR) is 90.3 cm³/mol. The van der Waals surface area contributed by atoms with Gasteiger partial charge in [0.25, 0.3) is 0 Å². The average Bonchev–Trinajstić information content (AvgIpc) is 2.51. The number of benzene rings is 1. The molecule has 6 nitrogen and oxygen atoms in total. The number of hydrazone groups is 1. The van der Waals surface area contributed by atoms with Crippen molar-refractivity contribution < 1.29 is 14.3 Å². The Bertz CT molecular complexity index is 568. The van der Waals surface area contributed by atoms with Crippen molar-refractivity contribution in [3.8, 4) is 5.75 Å². The number of carbonyl (C=O) groups excluding carboxylic acids is 2. The van der Waals surface area contributed by atoms with E-state index in [0.29, 0.717) is 24.8 Å². The van der Waals surface area contributed by atoms with Crippen LogP contribution in [-0.2, 0) is 9.59 Å². The van der Waals surface area contributed by atoms with Crippen molar-refractivity contribution in [2.75, 3.05) is 13.2 Å². The lowest BCUT2D eigenvalue weighted by atomic mass is 10.2. The molecule has 0 aliphatic rings. The quantitative estimate of drug-likeness (QED) is 0.316. The van der Waals surface area contributed by atoms with E-state index in [2.05, 4.69) is 22.4 Å². The maximum Gasteiger partial charge on any atom is 0.249 e. The van der Waals surface area contributed by atoms with Gasteiger partial charge in [-0.1, -0.05) is 38.6 Å². The van der Waals surface area contributed by atoms with E-state index in [1.807, 2.05) is 32.0 Å². The summed E-state index contributed by atoms with van der Waals surface area (Å²) in [5.74, 6) is 0.261. The summed E-state index contributed by atoms with van der Waals surface area (Å²) < 4.78 is 5.40. The summed E-state index contributed by atoms with van der Waals surface area (Å²) in [5.41, 5.74) is 3.10. The minimum atomic E-state index is -0.457. The van der Waals surface area contributed by atoms with Crippen molar-refractivity contribution in [2.45, 2.75) is 20.3 Å². The van der Waals surface area contributed by atoms with Crippen LogP contribution in [0.5, 0.6) is 5.75 Å². The van der Waals surface area contributed by atoms with Crippen molar-refractivity contribution in [1.29, 1.82) is 0 Å². The summed E-state index contributed by atoms with van der Waals surface area (Å²) >= 11 is 0. The fourth-order valence-corrected chi connectivity index (χ4v) is 1.58. The number of hydrogen-bond acceptors (Lipinski definition) is 4. The second kappa shape index (κ2) is 10.2. The van der Waals surface area contributed by atoms with Gasteiger partial charge in [-0.05, 0) is 23.6 Å². The normalized spacial score (nSPS) is 10.6. The van der Waals surface area contributed by atoms with Crippen molar-refractivity contribution in [3.63, 3.8) is 0 Å². The van der Waals surface area contributed by atoms with Crippen LogP contribution in [-0.4, -0.2) is 31.2 Å². The molecular formula is C17H23N3O3. The largest absolute Gasteiger partial charge is 0.490 e. The topological polar surface area (TPSA) is 79.8 Å². The molecule has 1 aromatic carbocycles. The minimum absolute atomic E-state index is 0.244. The number of hydrogen-bond donors (Lipinski definition) is 2. The molecule has 2 N–H and O–H groups in total. The summed E-state index contributed by atoms with van der Waals surface area (Å²) in [7, 11) is 0. The summed E-state index contributed by atoms with van der Waals surface area (Å²) in [5, 5.41) is 6.50. The molecule has 124 valence electrons. The van der Waals surface area contributed by atoms with Crippen molar-refractivity contribution in [1.82, 2.24) is 10.7 Å². The molecule has 0 heterocycles. The van der Waals surface area contributed by atoms with Crippen LogP contribution in [0.2, 0.25) is 0 Å². The minimum Gasteiger partial charge on any atom is -0.490 e. The molecule has 2 amide bonds. The third kappa shape index (κ3) is 8.40. The van der Waals surface area contributed by atoms with E-state index in [1.165, 1.54) is 6.21 Å². The molecule has 0 unspecified atom stereocenters. The third-order valence-electron chi connectivity index (χ3n) is 2.66. The smallest absolute Gasteiger partial charge is 0.249 e. The molecule has 0 spiro atoms. The van der Waals surface area contributed by atoms with Gasteiger partial charge in [-0.15, -0.1) is 0 Å². The highest BCUT2D eigenvalue weighted by atomic mass is 16.5. The monoisotopic (exact) mass is 317 g/mol. The van der Waals surface area contributed by atoms with Crippen LogP contribution in [0.1, 0.15) is 25.8 Å². The Balaban J connectivity index is 2.41. The molecule has 0 aromatic heterocycles. The molecule has 1 aromatic rings. The van der Waals surface area contributed by atoms with Gasteiger partial charge in [-0.25, -0.2) is 5.43 Å². The zero-order valence-electron chi connectivity index (χ0n) is 13.5. The van der Waals surface area contributed by atoms with Crippen LogP contribution in [0.15, 0.2) is 42.0 Å². The Kier molecular flexibility index (Phi) is 8.13. The Morgan fingerprint density at radius 1 is 1.35 bits per heavy atom. The van der Waals surface area contributed by atoms with Gasteiger partial charge in [0.05, 0.1) is 6.21 Å². The number of rotatable bonds is 9. The van der Waals surface area contributed by atoms with Gasteiger partial charge >= 0.3 is 0 Å². The third-order valence-corrected chi connectivity index (χ3v) is 2.66. The van der Waals surface area contributed by atoms with Gasteiger partial charge in [-0.3, -0.25) is 9.59 Å². The molecule has 1 rings (SSSR count). The van der Waals surface area contributed by atoms with Crippen molar-refractivity contribution in [2.24, 2.45) is 11.0 Å². The predicted octanol–water partition coefficient (Wildman–Crippen LogP) is 1.86. The second-order valence-corrected chi connectivity index (χ2v) is 5.34. The van der Waals surface area contributed by atoms with Gasteiger partial charge in [0.2, 0.25) is 11.8 Å². The van der Waals surface area contributed by atoms with Crippen LogP contribution in [0.3, 0.4) is 0 Å². The van der Waals surface area contributed by atoms with Crippen molar-refractivity contribution >= 4 is 18.0 Å². The van der Waals surface area contributed by atoms with Gasteiger partial charge in [0.15, 0.2) is 0 Å². The molecule has 0 aliphatic carbocycles. The highest BCUT2D eigenvalue weighted by Crippen LogP contribution is 2.11. The number of amides is 2. The highest BCUT2D eigenvalue weighted by Gasteiger charge is 2.08. The SMILES string of the molecule is C=CCOc1cccc(C=NNC(=O)CC(=O)NCC(C)C)c1. The molecule has 0 aliphatic heterocycles. The van der Waals surface area contributed by atoms with E-state index in [9.17, 15) is 9.59 Å². The lowest BCUT2D eigenvalue weighted by molar-refractivity contribution is -0.129. The van der Waals surface area contributed by atoms with Crippen molar-refractivity contribution in [3.05, 3.63) is 42.5 Å². The fraction of sp³-hybridized carbons (Fsp3) is 0.353. The second-order valence-electron chi connectivity index (χ2n) is 5.34. The molecule has 23 heavy (non-hydrogen) atoms. The van der Waals surface area contributed by atoms with E-state index >= 15 is 0 Å². The van der Waals surface area contributed by atoms with E-state index in [4.69, 9.17) is 4.74 Å². The van der Waals surface area contributed by atoms with Crippen LogP contribution >= 0.6 is 0 Å². The summed E-state index contributed by atoms with van der Waals surface area (Å²) in [6, 6.07) is 7.25. The number of ether oxygens (including phenoxy) is 1. The standard InChI is InChI=1S/C17H23N3O3/c1-4-8-23-15-7-5-6-14(9-15)12-19-20-17(22)10-16(21)18-11-13(2)3/h4-7,9,12-13H,1,8,10-11H2,2-3H3,(H,18,21)(H,20,22). The van der Waals surface area contributed by atoms with Gasteiger partial charge in [0.1, 0.15) is 18.8 Å². The van der Waals surface area contributed by atoms with Gasteiger partial charge in [0, 0.05) is 6.54 Å². The Morgan fingerprint density at radius 3 is 2.83 bits per heavy atom. The Labute approximate surface area is 136 Å². The molecule has 0 atom stereocenters. The number of carbonyl (C=O) groups is 2. The molecule has 0 radical (unpaired) electrons. The zero-order chi connectivity index (χ0) is 17.1. The molecule has 0 saturated carbocycles. The molecule has 0 fully saturated rings. The first kappa shape index (κ1) is 18.4. The number of nitrogens with zero attached hydrogens (tertiary/aromatic N) is 1. The van der Waals surface area contributed by atoms with Crippen LogP contribution in [0, 0.1) is 5.92 Å². The lowest BCUT2D eigenvalue weighted by Crippen LogP contribution is -2.32. The summed E-state index contributed by atoms with van der Waals surface area (Å²) in [6.07, 6.45) is 2.91. The first-order chi connectivity index (χ1) is 11.0. The van der Waals surface area contributed by atoms with E-state index in [-0.39, 0.29) is 12.3 Å². The molecule has 0 bridgehead atoms. The first-order valence-corrected chi connectivity index (χ1v) is 7.43. The maximum atomic E-state index is 11.6. The summed E-state index contributed by atoms with van der Waals surface area (Å²) in [4.78, 5) is 23.1. The van der Waals surface area contributed by atoms with E-state index in [0.717, 1.165) is 5.56 Å². The van der Waals surface area contributed by atoms with Crippen LogP contribution < -0.4 is 15.5 Å². The van der Waals surface area contributed by atoms with Crippen LogP contribution in [0.4, 0.5) is 0 Å².